The summed E-state index contributed by atoms with van der Waals surface area (Å²) in [6.07, 6.45) is 0.504. The lowest BCUT2D eigenvalue weighted by atomic mass is 10.2. The molecule has 2 N–H and O–H groups in total. The van der Waals surface area contributed by atoms with E-state index in [1.165, 1.54) is 4.90 Å². The second-order valence-corrected chi connectivity index (χ2v) is 4.87. The Morgan fingerprint density at radius 3 is 2.56 bits per heavy atom. The molecule has 2 fully saturated rings. The van der Waals surface area contributed by atoms with Gasteiger partial charge in [-0.15, -0.1) is 0 Å². The van der Waals surface area contributed by atoms with Crippen LogP contribution in [0.1, 0.15) is 12.0 Å². The highest BCUT2D eigenvalue weighted by Gasteiger charge is 2.69. The molecule has 1 saturated heterocycles. The van der Waals surface area contributed by atoms with Crippen LogP contribution < -0.4 is 10.5 Å². The van der Waals surface area contributed by atoms with Gasteiger partial charge in [-0.05, 0) is 24.1 Å². The first kappa shape index (κ1) is 11.2. The molecule has 1 aliphatic heterocycles. The number of fused-ring (bicyclic) bond motifs is 1. The zero-order chi connectivity index (χ0) is 12.9. The van der Waals surface area contributed by atoms with Crippen molar-refractivity contribution in [3.63, 3.8) is 0 Å². The number of methoxy groups -OCH3 is 1. The van der Waals surface area contributed by atoms with E-state index in [4.69, 9.17) is 10.5 Å². The zero-order valence-electron chi connectivity index (χ0n) is 10.1. The van der Waals surface area contributed by atoms with E-state index in [1.807, 2.05) is 12.1 Å². The topological polar surface area (TPSA) is 72.6 Å². The Labute approximate surface area is 105 Å². The number of rotatable bonds is 3. The van der Waals surface area contributed by atoms with Gasteiger partial charge in [0.15, 0.2) is 0 Å². The van der Waals surface area contributed by atoms with Crippen LogP contribution in [0.5, 0.6) is 5.75 Å². The van der Waals surface area contributed by atoms with E-state index >= 15 is 0 Å². The second-order valence-electron chi connectivity index (χ2n) is 4.87. The number of benzene rings is 1. The molecular formula is C13H14N2O3. The van der Waals surface area contributed by atoms with Crippen LogP contribution in [0.15, 0.2) is 24.3 Å². The molecule has 1 heterocycles. The molecule has 0 bridgehead atoms. The number of hydrogen-bond donors (Lipinski definition) is 1. The summed E-state index contributed by atoms with van der Waals surface area (Å²) in [4.78, 5) is 25.1. The first-order valence-corrected chi connectivity index (χ1v) is 5.84. The van der Waals surface area contributed by atoms with Gasteiger partial charge in [0.25, 0.3) is 0 Å². The van der Waals surface area contributed by atoms with E-state index < -0.39 is 5.54 Å². The van der Waals surface area contributed by atoms with Crippen molar-refractivity contribution in [1.82, 2.24) is 4.90 Å². The molecule has 2 unspecified atom stereocenters. The van der Waals surface area contributed by atoms with Gasteiger partial charge in [-0.1, -0.05) is 12.1 Å². The largest absolute Gasteiger partial charge is 0.497 e. The van der Waals surface area contributed by atoms with Crippen LogP contribution in [0.2, 0.25) is 0 Å². The quantitative estimate of drug-likeness (QED) is 0.778. The minimum absolute atomic E-state index is 0.140. The standard InChI is InChI=1S/C13H14N2O3/c1-18-9-4-2-8(3-5-9)7-15-11(16)10-6-13(10,14)12(15)17/h2-5,10H,6-7,14H2,1H3. The molecule has 5 nitrogen and oxygen atoms in total. The molecular weight excluding hydrogens is 232 g/mol. The number of carbonyl (C=O) groups is 2. The monoisotopic (exact) mass is 246 g/mol. The van der Waals surface area contributed by atoms with Crippen LogP contribution in [-0.2, 0) is 16.1 Å². The number of ether oxygens (including phenoxy) is 1. The number of amides is 2. The van der Waals surface area contributed by atoms with Crippen molar-refractivity contribution in [3.8, 4) is 5.75 Å². The SMILES string of the molecule is COc1ccc(CN2C(=O)C3CC3(N)C2=O)cc1. The third-order valence-corrected chi connectivity index (χ3v) is 3.71. The van der Waals surface area contributed by atoms with Crippen LogP contribution in [0.25, 0.3) is 0 Å². The third kappa shape index (κ3) is 1.44. The fourth-order valence-corrected chi connectivity index (χ4v) is 2.43. The van der Waals surface area contributed by atoms with Crippen molar-refractivity contribution < 1.29 is 14.3 Å². The summed E-state index contributed by atoms with van der Waals surface area (Å²) in [5.41, 5.74) is 5.84. The Morgan fingerprint density at radius 1 is 1.39 bits per heavy atom. The summed E-state index contributed by atoms with van der Waals surface area (Å²) in [6, 6.07) is 7.29. The number of likely N-dealkylation sites (tertiary alicyclic amines) is 1. The Bertz CT molecular complexity index is 526. The van der Waals surface area contributed by atoms with E-state index in [2.05, 4.69) is 0 Å². The lowest BCUT2D eigenvalue weighted by molar-refractivity contribution is -0.142. The average Bonchev–Trinajstić information content (AvgIpc) is 3.04. The van der Waals surface area contributed by atoms with Gasteiger partial charge in [0.05, 0.1) is 19.6 Å². The average molecular weight is 246 g/mol. The second kappa shape index (κ2) is 3.55. The van der Waals surface area contributed by atoms with Crippen LogP contribution in [0, 0.1) is 5.92 Å². The number of hydrogen-bond acceptors (Lipinski definition) is 4. The zero-order valence-corrected chi connectivity index (χ0v) is 10.1. The Hall–Kier alpha value is -1.88. The van der Waals surface area contributed by atoms with Crippen LogP contribution in [0.4, 0.5) is 0 Å². The smallest absolute Gasteiger partial charge is 0.250 e. The van der Waals surface area contributed by atoms with E-state index in [1.54, 1.807) is 19.2 Å². The minimum atomic E-state index is -0.899. The first-order valence-electron chi connectivity index (χ1n) is 5.84. The maximum Gasteiger partial charge on any atom is 0.250 e. The van der Waals surface area contributed by atoms with Gasteiger partial charge >= 0.3 is 0 Å². The highest BCUT2D eigenvalue weighted by atomic mass is 16.5. The van der Waals surface area contributed by atoms with Crippen molar-refractivity contribution in [3.05, 3.63) is 29.8 Å². The summed E-state index contributed by atoms with van der Waals surface area (Å²) >= 11 is 0. The van der Waals surface area contributed by atoms with Gasteiger partial charge < -0.3 is 10.5 Å². The molecule has 2 atom stereocenters. The number of nitrogens with two attached hydrogens (primary N) is 1. The van der Waals surface area contributed by atoms with Gasteiger partial charge in [-0.2, -0.15) is 0 Å². The maximum atomic E-state index is 12.0. The summed E-state index contributed by atoms with van der Waals surface area (Å²) in [6.45, 7) is 0.289. The van der Waals surface area contributed by atoms with Gasteiger partial charge in [-0.3, -0.25) is 14.5 Å². The fourth-order valence-electron chi connectivity index (χ4n) is 2.43. The normalized spacial score (nSPS) is 29.4. The van der Waals surface area contributed by atoms with E-state index in [-0.39, 0.29) is 24.3 Å². The fraction of sp³-hybridized carbons (Fsp3) is 0.385. The lowest BCUT2D eigenvalue weighted by Gasteiger charge is -2.17. The van der Waals surface area contributed by atoms with Crippen molar-refractivity contribution in [2.45, 2.75) is 18.5 Å². The van der Waals surface area contributed by atoms with Gasteiger partial charge in [-0.25, -0.2) is 0 Å². The first-order chi connectivity index (χ1) is 8.56. The van der Waals surface area contributed by atoms with E-state index in [9.17, 15) is 9.59 Å². The molecule has 0 radical (unpaired) electrons. The Balaban J connectivity index is 1.77. The lowest BCUT2D eigenvalue weighted by Crippen LogP contribution is -2.40. The molecule has 1 saturated carbocycles. The van der Waals surface area contributed by atoms with E-state index in [0.29, 0.717) is 6.42 Å². The molecule has 1 aromatic rings. The molecule has 3 rings (SSSR count). The predicted molar refractivity (Wildman–Crippen MR) is 63.6 cm³/mol. The molecule has 2 amide bonds. The van der Waals surface area contributed by atoms with Gasteiger partial charge in [0, 0.05) is 0 Å². The van der Waals surface area contributed by atoms with Crippen molar-refractivity contribution in [2.24, 2.45) is 11.7 Å². The van der Waals surface area contributed by atoms with Crippen molar-refractivity contribution in [2.75, 3.05) is 7.11 Å². The molecule has 2 aliphatic rings. The van der Waals surface area contributed by atoms with Crippen molar-refractivity contribution >= 4 is 11.8 Å². The third-order valence-electron chi connectivity index (χ3n) is 3.71. The minimum Gasteiger partial charge on any atom is -0.497 e. The number of nitrogens with zero attached hydrogens (tertiary/aromatic N) is 1. The number of piperidine rings is 1. The Morgan fingerprint density at radius 2 is 2.06 bits per heavy atom. The highest BCUT2D eigenvalue weighted by molar-refractivity contribution is 6.14. The Kier molecular flexibility index (Phi) is 2.22. The molecule has 0 aromatic heterocycles. The predicted octanol–water partition coefficient (Wildman–Crippen LogP) is 0.281. The summed E-state index contributed by atoms with van der Waals surface area (Å²) < 4.78 is 5.05. The van der Waals surface area contributed by atoms with E-state index in [0.717, 1.165) is 11.3 Å². The highest BCUT2D eigenvalue weighted by Crippen LogP contribution is 2.49. The molecule has 18 heavy (non-hydrogen) atoms. The van der Waals surface area contributed by atoms with Gasteiger partial charge in [0.2, 0.25) is 11.8 Å². The summed E-state index contributed by atoms with van der Waals surface area (Å²) in [5, 5.41) is 0. The van der Waals surface area contributed by atoms with Gasteiger partial charge in [0.1, 0.15) is 11.3 Å². The number of imide groups is 1. The maximum absolute atomic E-state index is 12.0. The van der Waals surface area contributed by atoms with Crippen LogP contribution in [-0.4, -0.2) is 29.4 Å². The number of carbonyl (C=O) groups excluding carboxylic acids is 2. The molecule has 0 spiro atoms. The van der Waals surface area contributed by atoms with Crippen LogP contribution in [0.3, 0.4) is 0 Å². The molecule has 94 valence electrons. The summed E-state index contributed by atoms with van der Waals surface area (Å²) in [7, 11) is 1.59. The molecule has 1 aliphatic carbocycles. The summed E-state index contributed by atoms with van der Waals surface area (Å²) in [5.74, 6) is 0.0749. The van der Waals surface area contributed by atoms with Crippen LogP contribution >= 0.6 is 0 Å². The molecule has 5 heteroatoms. The van der Waals surface area contributed by atoms with Crippen molar-refractivity contribution in [1.29, 1.82) is 0 Å². The molecule has 1 aromatic carbocycles.